The molecular formula is C14H16O6. The molecule has 6 heteroatoms. The Kier molecular flexibility index (Phi) is 2.84. The van der Waals surface area contributed by atoms with Gasteiger partial charge in [0.1, 0.15) is 5.60 Å². The molecule has 2 heterocycles. The summed E-state index contributed by atoms with van der Waals surface area (Å²) in [6, 6.07) is 0. The molecule has 0 aromatic rings. The second-order valence-corrected chi connectivity index (χ2v) is 5.90. The van der Waals surface area contributed by atoms with Crippen molar-refractivity contribution in [3.63, 3.8) is 0 Å². The summed E-state index contributed by atoms with van der Waals surface area (Å²) < 4.78 is 15.9. The van der Waals surface area contributed by atoms with Crippen LogP contribution in [0.15, 0.2) is 12.2 Å². The van der Waals surface area contributed by atoms with Crippen LogP contribution in [0.5, 0.6) is 0 Å². The van der Waals surface area contributed by atoms with Crippen LogP contribution < -0.4 is 0 Å². The Morgan fingerprint density at radius 2 is 1.75 bits per heavy atom. The second kappa shape index (κ2) is 4.33. The molecule has 3 fully saturated rings. The Bertz CT molecular complexity index is 482. The quantitative estimate of drug-likeness (QED) is 0.556. The predicted molar refractivity (Wildman–Crippen MR) is 65.1 cm³/mol. The van der Waals surface area contributed by atoms with Crippen LogP contribution >= 0.6 is 0 Å². The molecular weight excluding hydrogens is 264 g/mol. The van der Waals surface area contributed by atoms with Gasteiger partial charge in [-0.1, -0.05) is 6.58 Å². The number of fused-ring (bicyclic) bond motifs is 3. The summed E-state index contributed by atoms with van der Waals surface area (Å²) in [5, 5.41) is 0. The van der Waals surface area contributed by atoms with E-state index in [1.165, 1.54) is 0 Å². The van der Waals surface area contributed by atoms with Crippen molar-refractivity contribution in [2.24, 2.45) is 11.8 Å². The smallest absolute Gasteiger partial charge is 0.333 e. The number of carbonyl (C=O) groups excluding carboxylic acids is 3. The highest BCUT2D eigenvalue weighted by molar-refractivity contribution is 5.87. The highest BCUT2D eigenvalue weighted by atomic mass is 16.7. The van der Waals surface area contributed by atoms with Gasteiger partial charge in [0.25, 0.3) is 6.29 Å². The monoisotopic (exact) mass is 280 g/mol. The first-order valence-corrected chi connectivity index (χ1v) is 6.68. The van der Waals surface area contributed by atoms with Gasteiger partial charge in [-0.05, 0) is 13.3 Å². The average molecular weight is 280 g/mol. The molecule has 20 heavy (non-hydrogen) atoms. The SMILES string of the molecule is C=C(C)C(=O)OC12CC3OC(=O)C(CC(C1)C(=O)O3)C2. The van der Waals surface area contributed by atoms with Crippen molar-refractivity contribution in [1.82, 2.24) is 0 Å². The highest BCUT2D eigenvalue weighted by Crippen LogP contribution is 2.47. The minimum Gasteiger partial charge on any atom is -0.455 e. The Morgan fingerprint density at radius 1 is 1.20 bits per heavy atom. The van der Waals surface area contributed by atoms with E-state index in [-0.39, 0.29) is 23.9 Å². The zero-order chi connectivity index (χ0) is 14.5. The number of ether oxygens (including phenoxy) is 3. The first-order chi connectivity index (χ1) is 9.38. The molecule has 4 bridgehead atoms. The largest absolute Gasteiger partial charge is 0.455 e. The molecule has 0 amide bonds. The fourth-order valence-electron chi connectivity index (χ4n) is 3.29. The van der Waals surface area contributed by atoms with E-state index in [1.54, 1.807) is 6.92 Å². The van der Waals surface area contributed by atoms with Gasteiger partial charge in [-0.3, -0.25) is 9.59 Å². The molecule has 0 N–H and O–H groups in total. The van der Waals surface area contributed by atoms with Crippen LogP contribution in [0.3, 0.4) is 0 Å². The zero-order valence-corrected chi connectivity index (χ0v) is 11.2. The van der Waals surface area contributed by atoms with Crippen molar-refractivity contribution in [2.75, 3.05) is 0 Å². The molecule has 0 aromatic heterocycles. The number of hydrogen-bond donors (Lipinski definition) is 0. The number of rotatable bonds is 2. The van der Waals surface area contributed by atoms with Crippen LogP contribution in [0.1, 0.15) is 32.6 Å². The fraction of sp³-hybridized carbons (Fsp3) is 0.643. The lowest BCUT2D eigenvalue weighted by Gasteiger charge is -2.38. The van der Waals surface area contributed by atoms with Crippen molar-refractivity contribution in [3.05, 3.63) is 12.2 Å². The van der Waals surface area contributed by atoms with Crippen molar-refractivity contribution >= 4 is 17.9 Å². The van der Waals surface area contributed by atoms with Crippen LogP contribution in [-0.2, 0) is 28.6 Å². The molecule has 3 rings (SSSR count). The first-order valence-electron chi connectivity index (χ1n) is 6.68. The summed E-state index contributed by atoms with van der Waals surface area (Å²) in [6.45, 7) is 5.12. The van der Waals surface area contributed by atoms with Gasteiger partial charge in [0.15, 0.2) is 0 Å². The summed E-state index contributed by atoms with van der Waals surface area (Å²) in [5.41, 5.74) is -0.579. The van der Waals surface area contributed by atoms with E-state index >= 15 is 0 Å². The summed E-state index contributed by atoms with van der Waals surface area (Å²) in [4.78, 5) is 35.7. The van der Waals surface area contributed by atoms with Crippen molar-refractivity contribution in [1.29, 1.82) is 0 Å². The van der Waals surface area contributed by atoms with Crippen LogP contribution in [-0.4, -0.2) is 29.8 Å². The van der Waals surface area contributed by atoms with Crippen LogP contribution in [0.25, 0.3) is 0 Å². The zero-order valence-electron chi connectivity index (χ0n) is 11.2. The molecule has 108 valence electrons. The van der Waals surface area contributed by atoms with Gasteiger partial charge in [0.05, 0.1) is 18.3 Å². The van der Waals surface area contributed by atoms with E-state index in [0.717, 1.165) is 0 Å². The molecule has 6 nitrogen and oxygen atoms in total. The minimum absolute atomic E-state index is 0.205. The Morgan fingerprint density at radius 3 is 2.25 bits per heavy atom. The normalized spacial score (nSPS) is 38.5. The summed E-state index contributed by atoms with van der Waals surface area (Å²) in [5.74, 6) is -2.08. The van der Waals surface area contributed by atoms with Gasteiger partial charge in [-0.15, -0.1) is 0 Å². The van der Waals surface area contributed by atoms with Gasteiger partial charge in [-0.25, -0.2) is 4.79 Å². The van der Waals surface area contributed by atoms with Gasteiger partial charge in [-0.2, -0.15) is 0 Å². The Balaban J connectivity index is 1.95. The van der Waals surface area contributed by atoms with Gasteiger partial charge >= 0.3 is 17.9 Å². The topological polar surface area (TPSA) is 78.9 Å². The van der Waals surface area contributed by atoms with E-state index < -0.39 is 29.7 Å². The first kappa shape index (κ1) is 13.1. The van der Waals surface area contributed by atoms with Crippen LogP contribution in [0.4, 0.5) is 0 Å². The van der Waals surface area contributed by atoms with E-state index in [4.69, 9.17) is 14.2 Å². The third-order valence-corrected chi connectivity index (χ3v) is 4.16. The lowest BCUT2D eigenvalue weighted by molar-refractivity contribution is -0.195. The molecule has 2 unspecified atom stereocenters. The van der Waals surface area contributed by atoms with Crippen LogP contribution in [0, 0.1) is 11.8 Å². The Hall–Kier alpha value is -1.85. The average Bonchev–Trinajstić information content (AvgIpc) is 2.50. The van der Waals surface area contributed by atoms with Gasteiger partial charge in [0.2, 0.25) is 0 Å². The van der Waals surface area contributed by atoms with Gasteiger partial charge < -0.3 is 14.2 Å². The molecule has 1 saturated carbocycles. The van der Waals surface area contributed by atoms with Crippen molar-refractivity contribution < 1.29 is 28.6 Å². The molecule has 1 aliphatic carbocycles. The Labute approximate surface area is 116 Å². The third kappa shape index (κ3) is 2.09. The maximum Gasteiger partial charge on any atom is 0.333 e. The summed E-state index contributed by atoms with van der Waals surface area (Å²) in [7, 11) is 0. The molecule has 0 spiro atoms. The predicted octanol–water partition coefficient (Wildman–Crippen LogP) is 1.09. The standard InChI is InChI=1S/C14H16O6/c1-7(2)11(15)20-14-4-8-3-9(5-14)13(17)19-10(6-14)18-12(8)16/h8-10H,1,3-6H2,2H3. The molecule has 0 radical (unpaired) electrons. The molecule has 2 aliphatic heterocycles. The number of carbonyl (C=O) groups is 3. The summed E-state index contributed by atoms with van der Waals surface area (Å²) in [6.07, 6.45) is 0.416. The summed E-state index contributed by atoms with van der Waals surface area (Å²) >= 11 is 0. The fourth-order valence-corrected chi connectivity index (χ4v) is 3.29. The maximum absolute atomic E-state index is 11.9. The molecule has 2 saturated heterocycles. The molecule has 3 aliphatic rings. The van der Waals surface area contributed by atoms with E-state index in [9.17, 15) is 14.4 Å². The van der Waals surface area contributed by atoms with Gasteiger partial charge in [0, 0.05) is 18.4 Å². The second-order valence-electron chi connectivity index (χ2n) is 5.90. The number of hydrogen-bond acceptors (Lipinski definition) is 6. The lowest BCUT2D eigenvalue weighted by Crippen LogP contribution is -2.44. The van der Waals surface area contributed by atoms with E-state index in [2.05, 4.69) is 6.58 Å². The molecule has 0 aromatic carbocycles. The van der Waals surface area contributed by atoms with E-state index in [0.29, 0.717) is 19.3 Å². The van der Waals surface area contributed by atoms with E-state index in [1.807, 2.05) is 0 Å². The minimum atomic E-state index is -0.955. The lowest BCUT2D eigenvalue weighted by atomic mass is 9.72. The maximum atomic E-state index is 11.9. The van der Waals surface area contributed by atoms with Crippen LogP contribution in [0.2, 0.25) is 0 Å². The highest BCUT2D eigenvalue weighted by Gasteiger charge is 2.56. The number of esters is 3. The third-order valence-electron chi connectivity index (χ3n) is 4.16. The van der Waals surface area contributed by atoms with Crippen molar-refractivity contribution in [3.8, 4) is 0 Å². The van der Waals surface area contributed by atoms with Crippen molar-refractivity contribution in [2.45, 2.75) is 44.5 Å². The molecule has 2 atom stereocenters.